The van der Waals surface area contributed by atoms with Gasteiger partial charge in [-0.15, -0.1) is 0 Å². The maximum Gasteiger partial charge on any atom is -0.0178 e. The van der Waals surface area contributed by atoms with E-state index in [1.165, 1.54) is 21.9 Å². The summed E-state index contributed by atoms with van der Waals surface area (Å²) >= 11 is 0. The number of hydrogen-bond acceptors (Lipinski definition) is 0. The summed E-state index contributed by atoms with van der Waals surface area (Å²) in [5, 5.41) is 2.58. The van der Waals surface area contributed by atoms with Gasteiger partial charge >= 0.3 is 0 Å². The molecule has 88 valence electrons. The summed E-state index contributed by atoms with van der Waals surface area (Å²) in [5.74, 6) is 0. The Morgan fingerprint density at radius 2 is 1.59 bits per heavy atom. The predicted molar refractivity (Wildman–Crippen MR) is 79.3 cm³/mol. The number of rotatable bonds is 2. The first-order chi connectivity index (χ1) is 8.31. The zero-order valence-electron chi connectivity index (χ0n) is 10.9. The molecule has 0 fully saturated rings. The maximum absolute atomic E-state index is 3.68. The molecule has 0 saturated heterocycles. The summed E-state index contributed by atoms with van der Waals surface area (Å²) in [7, 11) is 0. The molecule has 2 aromatic rings. The molecule has 0 heteroatoms. The van der Waals surface area contributed by atoms with Crippen LogP contribution in [0.1, 0.15) is 25.0 Å². The monoisotopic (exact) mass is 224 g/mol. The quantitative estimate of drug-likeness (QED) is 0.601. The lowest BCUT2D eigenvalue weighted by atomic mass is 10.0. The van der Waals surface area contributed by atoms with Gasteiger partial charge < -0.3 is 0 Å². The van der Waals surface area contributed by atoms with Crippen molar-refractivity contribution in [3.8, 4) is 0 Å². The van der Waals surface area contributed by atoms with Crippen molar-refractivity contribution >= 4 is 16.8 Å². The predicted octanol–water partition coefficient (Wildman–Crippen LogP) is 5.37. The highest BCUT2D eigenvalue weighted by Crippen LogP contribution is 2.20. The van der Waals surface area contributed by atoms with Crippen LogP contribution in [0.5, 0.6) is 0 Å². The van der Waals surface area contributed by atoms with Gasteiger partial charge in [-0.25, -0.2) is 0 Å². The maximum atomic E-state index is 3.68. The minimum Gasteiger partial charge on any atom is -0.0991 e. The van der Waals surface area contributed by atoms with Crippen LogP contribution < -0.4 is 0 Å². The van der Waals surface area contributed by atoms with Crippen molar-refractivity contribution in [1.29, 1.82) is 0 Å². The SMILES string of the molecule is C=C/C=C\c1cc2ccccc2cc1C.CC. The van der Waals surface area contributed by atoms with E-state index in [0.717, 1.165) is 0 Å². The Bertz CT molecular complexity index is 519. The molecule has 0 atom stereocenters. The van der Waals surface area contributed by atoms with E-state index in [9.17, 15) is 0 Å². The Morgan fingerprint density at radius 1 is 1.00 bits per heavy atom. The van der Waals surface area contributed by atoms with Crippen LogP contribution in [0.2, 0.25) is 0 Å². The molecule has 0 aliphatic heterocycles. The van der Waals surface area contributed by atoms with E-state index in [1.54, 1.807) is 6.08 Å². The number of hydrogen-bond donors (Lipinski definition) is 0. The van der Waals surface area contributed by atoms with Crippen molar-refractivity contribution in [3.63, 3.8) is 0 Å². The summed E-state index contributed by atoms with van der Waals surface area (Å²) < 4.78 is 0. The van der Waals surface area contributed by atoms with Crippen molar-refractivity contribution in [2.75, 3.05) is 0 Å². The largest absolute Gasteiger partial charge is 0.0991 e. The molecule has 0 saturated carbocycles. The minimum atomic E-state index is 1.26. The van der Waals surface area contributed by atoms with Crippen molar-refractivity contribution < 1.29 is 0 Å². The van der Waals surface area contributed by atoms with Crippen LogP contribution in [-0.4, -0.2) is 0 Å². The Balaban J connectivity index is 0.000000686. The van der Waals surface area contributed by atoms with E-state index in [2.05, 4.69) is 56.0 Å². The zero-order chi connectivity index (χ0) is 12.7. The van der Waals surface area contributed by atoms with Crippen LogP contribution in [0, 0.1) is 6.92 Å². The van der Waals surface area contributed by atoms with E-state index < -0.39 is 0 Å². The van der Waals surface area contributed by atoms with Gasteiger partial charge in [-0.3, -0.25) is 0 Å². The Labute approximate surface area is 104 Å². The van der Waals surface area contributed by atoms with Gasteiger partial charge in [0.05, 0.1) is 0 Å². The number of allylic oxidation sites excluding steroid dienone is 2. The van der Waals surface area contributed by atoms with Crippen molar-refractivity contribution in [2.24, 2.45) is 0 Å². The third-order valence-corrected chi connectivity index (χ3v) is 2.55. The van der Waals surface area contributed by atoms with Crippen LogP contribution in [-0.2, 0) is 0 Å². The second kappa shape index (κ2) is 6.70. The van der Waals surface area contributed by atoms with Gasteiger partial charge in [-0.1, -0.05) is 69.0 Å². The van der Waals surface area contributed by atoms with Gasteiger partial charge in [0, 0.05) is 0 Å². The lowest BCUT2D eigenvalue weighted by molar-refractivity contribution is 1.47. The summed E-state index contributed by atoms with van der Waals surface area (Å²) in [4.78, 5) is 0. The summed E-state index contributed by atoms with van der Waals surface area (Å²) in [5.41, 5.74) is 2.56. The van der Waals surface area contributed by atoms with Crippen LogP contribution in [0.3, 0.4) is 0 Å². The normalized spacial score (nSPS) is 10.1. The summed E-state index contributed by atoms with van der Waals surface area (Å²) in [6.45, 7) is 9.82. The zero-order valence-corrected chi connectivity index (χ0v) is 10.9. The number of fused-ring (bicyclic) bond motifs is 1. The van der Waals surface area contributed by atoms with Gasteiger partial charge in [0.25, 0.3) is 0 Å². The highest BCUT2D eigenvalue weighted by atomic mass is 14.0. The molecule has 17 heavy (non-hydrogen) atoms. The average molecular weight is 224 g/mol. The third-order valence-electron chi connectivity index (χ3n) is 2.55. The molecule has 0 aliphatic rings. The molecule has 2 rings (SSSR count). The van der Waals surface area contributed by atoms with Gasteiger partial charge in [-0.05, 0) is 34.9 Å². The fraction of sp³-hybridized carbons (Fsp3) is 0.176. The van der Waals surface area contributed by atoms with E-state index in [1.807, 2.05) is 19.9 Å². The molecule has 0 bridgehead atoms. The molecule has 0 heterocycles. The first kappa shape index (κ1) is 13.2. The first-order valence-corrected chi connectivity index (χ1v) is 6.10. The Morgan fingerprint density at radius 3 is 2.18 bits per heavy atom. The standard InChI is InChI=1S/C15H14.C2H6/c1-3-4-7-13-11-15-9-6-5-8-14(15)10-12(13)2;1-2/h3-11H,1H2,2H3;1-2H3/b7-4-;. The minimum absolute atomic E-state index is 1.26. The van der Waals surface area contributed by atoms with Crippen molar-refractivity contribution in [2.45, 2.75) is 20.8 Å². The third kappa shape index (κ3) is 3.32. The summed E-state index contributed by atoms with van der Waals surface area (Å²) in [6.07, 6.45) is 5.86. The second-order valence-corrected chi connectivity index (χ2v) is 3.65. The lowest BCUT2D eigenvalue weighted by Gasteiger charge is -2.03. The van der Waals surface area contributed by atoms with Crippen molar-refractivity contribution in [1.82, 2.24) is 0 Å². The highest BCUT2D eigenvalue weighted by molar-refractivity contribution is 5.86. The highest BCUT2D eigenvalue weighted by Gasteiger charge is 1.97. The molecule has 0 nitrogen and oxygen atoms in total. The average Bonchev–Trinajstić information content (AvgIpc) is 2.38. The van der Waals surface area contributed by atoms with Gasteiger partial charge in [0.15, 0.2) is 0 Å². The smallest absolute Gasteiger partial charge is 0.0178 e. The molecular weight excluding hydrogens is 204 g/mol. The number of aryl methyl sites for hydroxylation is 1. The molecule has 0 N–H and O–H groups in total. The topological polar surface area (TPSA) is 0 Å². The Hall–Kier alpha value is -1.82. The molecule has 0 radical (unpaired) electrons. The van der Waals surface area contributed by atoms with Crippen LogP contribution in [0.15, 0.2) is 55.1 Å². The molecule has 0 spiro atoms. The second-order valence-electron chi connectivity index (χ2n) is 3.65. The van der Waals surface area contributed by atoms with Gasteiger partial charge in [-0.2, -0.15) is 0 Å². The molecule has 0 aliphatic carbocycles. The molecule has 0 aromatic heterocycles. The van der Waals surface area contributed by atoms with Gasteiger partial charge in [0.1, 0.15) is 0 Å². The van der Waals surface area contributed by atoms with E-state index >= 15 is 0 Å². The van der Waals surface area contributed by atoms with Crippen LogP contribution >= 0.6 is 0 Å². The van der Waals surface area contributed by atoms with Crippen LogP contribution in [0.25, 0.3) is 16.8 Å². The summed E-state index contributed by atoms with van der Waals surface area (Å²) in [6, 6.07) is 12.9. The molecule has 0 amide bonds. The molecule has 2 aromatic carbocycles. The molecule has 0 unspecified atom stereocenters. The van der Waals surface area contributed by atoms with Crippen LogP contribution in [0.4, 0.5) is 0 Å². The van der Waals surface area contributed by atoms with E-state index in [4.69, 9.17) is 0 Å². The number of benzene rings is 2. The van der Waals surface area contributed by atoms with Crippen molar-refractivity contribution in [3.05, 3.63) is 66.3 Å². The molecular formula is C17H20. The Kier molecular flexibility index (Phi) is 5.22. The fourth-order valence-corrected chi connectivity index (χ4v) is 1.72. The van der Waals surface area contributed by atoms with Gasteiger partial charge in [0.2, 0.25) is 0 Å². The first-order valence-electron chi connectivity index (χ1n) is 6.10. The van der Waals surface area contributed by atoms with E-state index in [-0.39, 0.29) is 0 Å². The lowest BCUT2D eigenvalue weighted by Crippen LogP contribution is -1.81. The van der Waals surface area contributed by atoms with E-state index in [0.29, 0.717) is 0 Å². The fourth-order valence-electron chi connectivity index (χ4n) is 1.72.